The van der Waals surface area contributed by atoms with Crippen molar-refractivity contribution < 1.29 is 27.9 Å². The first-order valence-electron chi connectivity index (χ1n) is 4.65. The van der Waals surface area contributed by atoms with Crippen LogP contribution in [0.4, 0.5) is 19.0 Å². The Morgan fingerprint density at radius 3 is 2.39 bits per heavy atom. The van der Waals surface area contributed by atoms with Crippen molar-refractivity contribution in [1.29, 1.82) is 0 Å². The van der Waals surface area contributed by atoms with E-state index in [-0.39, 0.29) is 11.6 Å². The number of phenols is 2. The van der Waals surface area contributed by atoms with Gasteiger partial charge >= 0.3 is 6.18 Å². The van der Waals surface area contributed by atoms with Gasteiger partial charge in [0.15, 0.2) is 23.1 Å². The summed E-state index contributed by atoms with van der Waals surface area (Å²) in [5.41, 5.74) is 3.37. The van der Waals surface area contributed by atoms with Crippen LogP contribution < -0.4 is 5.73 Å². The average Bonchev–Trinajstić information content (AvgIpc) is 2.66. The molecule has 0 radical (unpaired) electrons. The molecule has 0 aliphatic heterocycles. The molecule has 8 heteroatoms. The first-order chi connectivity index (χ1) is 8.30. The number of nitrogens with two attached hydrogens (primary N) is 1. The van der Waals surface area contributed by atoms with Gasteiger partial charge in [-0.25, -0.2) is 0 Å². The maximum atomic E-state index is 12.8. The van der Waals surface area contributed by atoms with Gasteiger partial charge in [0.05, 0.1) is 11.1 Å². The lowest BCUT2D eigenvalue weighted by molar-refractivity contribution is -0.137. The molecule has 0 saturated carbocycles. The van der Waals surface area contributed by atoms with Crippen LogP contribution >= 0.6 is 0 Å². The minimum Gasteiger partial charge on any atom is -0.504 e. The Kier molecular flexibility index (Phi) is 2.57. The summed E-state index contributed by atoms with van der Waals surface area (Å²) < 4.78 is 42.9. The van der Waals surface area contributed by atoms with Crippen LogP contribution in [0.2, 0.25) is 0 Å². The molecule has 1 heterocycles. The Hall–Kier alpha value is -2.38. The number of rotatable bonds is 1. The molecule has 0 fully saturated rings. The van der Waals surface area contributed by atoms with Gasteiger partial charge in [-0.3, -0.25) is 0 Å². The van der Waals surface area contributed by atoms with E-state index in [1.807, 2.05) is 0 Å². The van der Waals surface area contributed by atoms with Crippen molar-refractivity contribution >= 4 is 5.82 Å². The Labute approximate surface area is 98.2 Å². The van der Waals surface area contributed by atoms with Gasteiger partial charge in [0.1, 0.15) is 0 Å². The Balaban J connectivity index is 2.74. The Morgan fingerprint density at radius 1 is 1.22 bits per heavy atom. The second-order valence-electron chi connectivity index (χ2n) is 3.47. The topological polar surface area (TPSA) is 92.5 Å². The summed E-state index contributed by atoms with van der Waals surface area (Å²) in [6.45, 7) is 0. The van der Waals surface area contributed by atoms with Crippen LogP contribution in [0.1, 0.15) is 5.56 Å². The van der Waals surface area contributed by atoms with Crippen LogP contribution in [0.5, 0.6) is 11.5 Å². The highest BCUT2D eigenvalue weighted by atomic mass is 19.4. The first kappa shape index (κ1) is 12.1. The third kappa shape index (κ3) is 1.92. The largest absolute Gasteiger partial charge is 0.504 e. The fraction of sp³-hybridized carbons (Fsp3) is 0.100. The van der Waals surface area contributed by atoms with E-state index in [0.29, 0.717) is 6.07 Å². The third-order valence-corrected chi connectivity index (χ3v) is 2.24. The zero-order valence-electron chi connectivity index (χ0n) is 8.69. The van der Waals surface area contributed by atoms with Crippen LogP contribution in [0.3, 0.4) is 0 Å². The maximum absolute atomic E-state index is 12.8. The predicted molar refractivity (Wildman–Crippen MR) is 54.7 cm³/mol. The molecule has 0 saturated heterocycles. The maximum Gasteiger partial charge on any atom is 0.417 e. The smallest absolute Gasteiger partial charge is 0.417 e. The normalized spacial score (nSPS) is 11.7. The zero-order valence-corrected chi connectivity index (χ0v) is 8.69. The molecule has 5 nitrogen and oxygen atoms in total. The predicted octanol–water partition coefficient (Wildman–Crippen LogP) is 2.35. The van der Waals surface area contributed by atoms with Crippen LogP contribution in [-0.2, 0) is 6.18 Å². The van der Waals surface area contributed by atoms with E-state index in [1.165, 1.54) is 0 Å². The Morgan fingerprint density at radius 2 is 1.89 bits per heavy atom. The lowest BCUT2D eigenvalue weighted by Gasteiger charge is -2.12. The van der Waals surface area contributed by atoms with Crippen molar-refractivity contribution in [3.63, 3.8) is 0 Å². The van der Waals surface area contributed by atoms with Crippen molar-refractivity contribution in [2.24, 2.45) is 0 Å². The summed E-state index contributed by atoms with van der Waals surface area (Å²) in [7, 11) is 0. The number of hydrogen-bond acceptors (Lipinski definition) is 5. The molecule has 2 aromatic rings. The van der Waals surface area contributed by atoms with Gasteiger partial charge in [0.25, 0.3) is 0 Å². The molecule has 0 atom stereocenters. The number of halogens is 3. The molecule has 1 aromatic heterocycles. The Bertz CT molecular complexity index is 593. The summed E-state index contributed by atoms with van der Waals surface area (Å²) in [4.78, 5) is 0. The number of hydrogen-bond donors (Lipinski definition) is 3. The van der Waals surface area contributed by atoms with E-state index in [9.17, 15) is 23.4 Å². The number of benzene rings is 1. The van der Waals surface area contributed by atoms with E-state index in [1.54, 1.807) is 0 Å². The summed E-state index contributed by atoms with van der Waals surface area (Å²) in [5, 5.41) is 22.0. The van der Waals surface area contributed by atoms with Gasteiger partial charge in [0.2, 0.25) is 0 Å². The minimum absolute atomic E-state index is 0.138. The summed E-state index contributed by atoms with van der Waals surface area (Å²) in [5.74, 6) is -2.16. The van der Waals surface area contributed by atoms with Crippen molar-refractivity contribution in [1.82, 2.24) is 5.16 Å². The number of aromatic nitrogens is 1. The van der Waals surface area contributed by atoms with E-state index >= 15 is 0 Å². The van der Waals surface area contributed by atoms with Crippen LogP contribution in [0.15, 0.2) is 22.7 Å². The first-order valence-corrected chi connectivity index (χ1v) is 4.65. The molecule has 0 unspecified atom stereocenters. The van der Waals surface area contributed by atoms with Gasteiger partial charge in [-0.15, -0.1) is 0 Å². The van der Waals surface area contributed by atoms with Gasteiger partial charge in [0, 0.05) is 6.07 Å². The van der Waals surface area contributed by atoms with Gasteiger partial charge in [-0.1, -0.05) is 5.16 Å². The van der Waals surface area contributed by atoms with Crippen LogP contribution in [-0.4, -0.2) is 15.4 Å². The quantitative estimate of drug-likeness (QED) is 0.684. The molecule has 2 rings (SSSR count). The van der Waals surface area contributed by atoms with Crippen molar-refractivity contribution in [3.8, 4) is 22.8 Å². The lowest BCUT2D eigenvalue weighted by Crippen LogP contribution is -2.07. The molecule has 1 aromatic carbocycles. The van der Waals surface area contributed by atoms with E-state index in [0.717, 1.165) is 12.1 Å². The molecule has 0 aliphatic rings. The number of phenolic OH excluding ortho intramolecular Hbond substituents is 2. The van der Waals surface area contributed by atoms with Gasteiger partial charge in [-0.05, 0) is 12.1 Å². The van der Waals surface area contributed by atoms with Crippen molar-refractivity contribution in [2.75, 3.05) is 5.73 Å². The highest BCUT2D eigenvalue weighted by Crippen LogP contribution is 2.45. The standard InChI is InChI=1S/C10H7F3N2O3/c11-10(12,13)4-1-2-5(16)9(17)8(4)6-3-7(14)15-18-6/h1-3,16-17H,(H2,14,15). The summed E-state index contributed by atoms with van der Waals surface area (Å²) in [6.07, 6.45) is -4.72. The number of nitrogens with zero attached hydrogens (tertiary/aromatic N) is 1. The molecule has 4 N–H and O–H groups in total. The fourth-order valence-corrected chi connectivity index (χ4v) is 1.47. The van der Waals surface area contributed by atoms with Gasteiger partial charge in [-0.2, -0.15) is 13.2 Å². The van der Waals surface area contributed by atoms with E-state index in [4.69, 9.17) is 5.73 Å². The molecule has 0 amide bonds. The molecule has 0 spiro atoms. The highest BCUT2D eigenvalue weighted by Gasteiger charge is 2.37. The molecule has 18 heavy (non-hydrogen) atoms. The number of nitrogen functional groups attached to an aromatic ring is 1. The second kappa shape index (κ2) is 3.83. The molecular weight excluding hydrogens is 253 g/mol. The zero-order chi connectivity index (χ0) is 13.5. The number of aromatic hydroxyl groups is 2. The molecule has 0 bridgehead atoms. The van der Waals surface area contributed by atoms with Gasteiger partial charge < -0.3 is 20.5 Å². The molecule has 96 valence electrons. The second-order valence-corrected chi connectivity index (χ2v) is 3.47. The van der Waals surface area contributed by atoms with Crippen molar-refractivity contribution in [2.45, 2.75) is 6.18 Å². The van der Waals surface area contributed by atoms with Crippen LogP contribution in [0, 0.1) is 0 Å². The highest BCUT2D eigenvalue weighted by molar-refractivity contribution is 5.74. The molecule has 0 aliphatic carbocycles. The number of alkyl halides is 3. The number of anilines is 1. The molecular formula is C10H7F3N2O3. The minimum atomic E-state index is -4.72. The SMILES string of the molecule is Nc1cc(-c2c(C(F)(F)F)ccc(O)c2O)on1. The van der Waals surface area contributed by atoms with E-state index in [2.05, 4.69) is 9.68 Å². The fourth-order valence-electron chi connectivity index (χ4n) is 1.47. The summed E-state index contributed by atoms with van der Waals surface area (Å²) >= 11 is 0. The van der Waals surface area contributed by atoms with E-state index < -0.39 is 28.8 Å². The average molecular weight is 260 g/mol. The van der Waals surface area contributed by atoms with Crippen LogP contribution in [0.25, 0.3) is 11.3 Å². The summed E-state index contributed by atoms with van der Waals surface area (Å²) in [6, 6.07) is 2.38. The van der Waals surface area contributed by atoms with Crippen molar-refractivity contribution in [3.05, 3.63) is 23.8 Å². The lowest BCUT2D eigenvalue weighted by atomic mass is 10.0. The third-order valence-electron chi connectivity index (χ3n) is 2.24. The monoisotopic (exact) mass is 260 g/mol.